The summed E-state index contributed by atoms with van der Waals surface area (Å²) in [6, 6.07) is 6.93. The molecule has 0 aliphatic carbocycles. The molecule has 1 aromatic rings. The van der Waals surface area contributed by atoms with E-state index < -0.39 is 0 Å². The normalized spacial score (nSPS) is 28.3. The number of rotatable bonds is 2. The molecule has 2 saturated heterocycles. The highest BCUT2D eigenvalue weighted by atomic mass is 35.5. The zero-order valence-electron chi connectivity index (χ0n) is 11.7. The van der Waals surface area contributed by atoms with E-state index in [1.54, 1.807) is 29.2 Å². The number of aliphatic hydroxyl groups is 1. The monoisotopic (exact) mass is 310 g/mol. The number of hydrogen-bond donors (Lipinski definition) is 2. The Hall–Kier alpha value is -1.30. The van der Waals surface area contributed by atoms with Crippen molar-refractivity contribution in [3.8, 4) is 0 Å². The molecule has 5 nitrogen and oxygen atoms in total. The number of ether oxygens (including phenoxy) is 1. The largest absolute Gasteiger partial charge is 0.396 e. The van der Waals surface area contributed by atoms with Gasteiger partial charge >= 0.3 is 6.03 Å². The minimum absolute atomic E-state index is 0.0542. The number of likely N-dealkylation sites (tertiary alicyclic amines) is 1. The lowest BCUT2D eigenvalue weighted by Gasteiger charge is -2.36. The van der Waals surface area contributed by atoms with Gasteiger partial charge in [0.25, 0.3) is 0 Å². The maximum Gasteiger partial charge on any atom is 0.321 e. The Morgan fingerprint density at radius 1 is 1.57 bits per heavy atom. The molecule has 2 fully saturated rings. The van der Waals surface area contributed by atoms with Crippen LogP contribution >= 0.6 is 11.6 Å². The van der Waals surface area contributed by atoms with E-state index in [2.05, 4.69) is 5.32 Å². The summed E-state index contributed by atoms with van der Waals surface area (Å²) in [6.07, 6.45) is 0.890. The first-order valence-corrected chi connectivity index (χ1v) is 7.51. The molecule has 2 aliphatic heterocycles. The Bertz CT molecular complexity index is 539. The summed E-state index contributed by atoms with van der Waals surface area (Å²) in [4.78, 5) is 14.1. The Kier molecular flexibility index (Phi) is 4.06. The molecule has 1 aromatic carbocycles. The number of urea groups is 1. The summed E-state index contributed by atoms with van der Waals surface area (Å²) in [5, 5.41) is 13.2. The zero-order valence-corrected chi connectivity index (χ0v) is 12.5. The van der Waals surface area contributed by atoms with Gasteiger partial charge in [0.05, 0.1) is 13.2 Å². The first-order chi connectivity index (χ1) is 10.1. The number of aliphatic hydroxyl groups excluding tert-OH is 1. The molecule has 114 valence electrons. The van der Waals surface area contributed by atoms with Crippen LogP contribution in [-0.2, 0) is 4.74 Å². The quantitative estimate of drug-likeness (QED) is 0.880. The number of hydrogen-bond acceptors (Lipinski definition) is 3. The van der Waals surface area contributed by atoms with Crippen LogP contribution in [0.4, 0.5) is 10.5 Å². The van der Waals surface area contributed by atoms with Gasteiger partial charge in [-0.25, -0.2) is 4.79 Å². The van der Waals surface area contributed by atoms with Crippen molar-refractivity contribution in [3.63, 3.8) is 0 Å². The van der Waals surface area contributed by atoms with Gasteiger partial charge in [-0.2, -0.15) is 0 Å². The second-order valence-electron chi connectivity index (χ2n) is 5.88. The molecule has 0 radical (unpaired) electrons. The topological polar surface area (TPSA) is 61.8 Å². The van der Waals surface area contributed by atoms with Crippen molar-refractivity contribution in [3.05, 3.63) is 29.3 Å². The smallest absolute Gasteiger partial charge is 0.321 e. The average Bonchev–Trinajstić information content (AvgIpc) is 2.87. The van der Waals surface area contributed by atoms with Gasteiger partial charge in [-0.3, -0.25) is 0 Å². The lowest BCUT2D eigenvalue weighted by atomic mass is 9.76. The summed E-state index contributed by atoms with van der Waals surface area (Å²) < 4.78 is 5.50. The van der Waals surface area contributed by atoms with Crippen molar-refractivity contribution in [1.29, 1.82) is 0 Å². The van der Waals surface area contributed by atoms with E-state index in [9.17, 15) is 9.90 Å². The summed E-state index contributed by atoms with van der Waals surface area (Å²) in [6.45, 7) is 2.47. The van der Waals surface area contributed by atoms with E-state index in [0.717, 1.165) is 6.42 Å². The molecular formula is C15H19ClN2O3. The first-order valence-electron chi connectivity index (χ1n) is 7.13. The second-order valence-corrected chi connectivity index (χ2v) is 6.32. The molecule has 0 saturated carbocycles. The van der Waals surface area contributed by atoms with Gasteiger partial charge in [0.15, 0.2) is 0 Å². The van der Waals surface area contributed by atoms with E-state index in [1.807, 2.05) is 0 Å². The number of anilines is 1. The summed E-state index contributed by atoms with van der Waals surface area (Å²) >= 11 is 5.92. The van der Waals surface area contributed by atoms with Crippen LogP contribution in [0.25, 0.3) is 0 Å². The van der Waals surface area contributed by atoms with Gasteiger partial charge in [0, 0.05) is 35.8 Å². The highest BCUT2D eigenvalue weighted by Gasteiger charge is 2.49. The fourth-order valence-corrected chi connectivity index (χ4v) is 3.43. The third-order valence-electron chi connectivity index (χ3n) is 4.49. The van der Waals surface area contributed by atoms with Gasteiger partial charge in [0.2, 0.25) is 0 Å². The molecule has 0 spiro atoms. The minimum Gasteiger partial charge on any atom is -0.396 e. The van der Waals surface area contributed by atoms with Crippen molar-refractivity contribution >= 4 is 23.3 Å². The maximum atomic E-state index is 12.4. The number of nitrogens with zero attached hydrogens (tertiary/aromatic N) is 1. The molecule has 3 rings (SSSR count). The first kappa shape index (κ1) is 14.6. The van der Waals surface area contributed by atoms with Crippen LogP contribution in [0.15, 0.2) is 24.3 Å². The van der Waals surface area contributed by atoms with Crippen LogP contribution in [0, 0.1) is 11.3 Å². The highest BCUT2D eigenvalue weighted by molar-refractivity contribution is 6.30. The maximum absolute atomic E-state index is 12.4. The number of carbonyl (C=O) groups is 1. The predicted octanol–water partition coefficient (Wildman–Crippen LogP) is 2.20. The number of nitrogens with one attached hydrogen (secondary N) is 1. The number of benzene rings is 1. The van der Waals surface area contributed by atoms with Gasteiger partial charge in [-0.1, -0.05) is 17.7 Å². The molecule has 2 N–H and O–H groups in total. The van der Waals surface area contributed by atoms with Gasteiger partial charge in [-0.15, -0.1) is 0 Å². The lowest BCUT2D eigenvalue weighted by molar-refractivity contribution is -0.0555. The van der Waals surface area contributed by atoms with Crippen LogP contribution in [0.1, 0.15) is 6.42 Å². The summed E-state index contributed by atoms with van der Waals surface area (Å²) in [5.41, 5.74) is 0.376. The van der Waals surface area contributed by atoms with Crippen LogP contribution in [0.5, 0.6) is 0 Å². The van der Waals surface area contributed by atoms with Crippen LogP contribution in [0.2, 0.25) is 5.02 Å². The van der Waals surface area contributed by atoms with Crippen molar-refractivity contribution in [2.24, 2.45) is 11.3 Å². The van der Waals surface area contributed by atoms with E-state index in [4.69, 9.17) is 16.3 Å². The van der Waals surface area contributed by atoms with Crippen molar-refractivity contribution < 1.29 is 14.6 Å². The Morgan fingerprint density at radius 2 is 2.43 bits per heavy atom. The Morgan fingerprint density at radius 3 is 3.14 bits per heavy atom. The van der Waals surface area contributed by atoms with E-state index in [0.29, 0.717) is 42.9 Å². The van der Waals surface area contributed by atoms with Crippen LogP contribution < -0.4 is 5.32 Å². The SMILES string of the molecule is O=C(Nc1cccc(Cl)c1)N1C[C@@H]2CCOC[C@]2(CO)C1. The van der Waals surface area contributed by atoms with Crippen molar-refractivity contribution in [1.82, 2.24) is 4.90 Å². The number of amides is 2. The molecule has 0 bridgehead atoms. The standard InChI is InChI=1S/C15H19ClN2O3/c16-12-2-1-3-13(6-12)17-14(20)18-7-11-4-5-21-10-15(11,8-18)9-19/h1-3,6,11,19H,4-5,7-10H2,(H,17,20)/t11-,15+/m0/s1. The van der Waals surface area contributed by atoms with Crippen LogP contribution in [0.3, 0.4) is 0 Å². The second kappa shape index (κ2) is 5.83. The molecular weight excluding hydrogens is 292 g/mol. The van der Waals surface area contributed by atoms with Crippen molar-refractivity contribution in [2.75, 3.05) is 38.2 Å². The molecule has 2 aliphatic rings. The molecule has 6 heteroatoms. The molecule has 0 unspecified atom stereocenters. The third kappa shape index (κ3) is 2.86. The summed E-state index contributed by atoms with van der Waals surface area (Å²) in [5.74, 6) is 0.307. The summed E-state index contributed by atoms with van der Waals surface area (Å²) in [7, 11) is 0. The minimum atomic E-state index is -0.302. The number of fused-ring (bicyclic) bond motifs is 1. The number of halogens is 1. The van der Waals surface area contributed by atoms with Gasteiger partial charge < -0.3 is 20.1 Å². The van der Waals surface area contributed by atoms with Gasteiger partial charge in [-0.05, 0) is 30.5 Å². The van der Waals surface area contributed by atoms with E-state index >= 15 is 0 Å². The van der Waals surface area contributed by atoms with Crippen molar-refractivity contribution in [2.45, 2.75) is 6.42 Å². The molecule has 2 amide bonds. The van der Waals surface area contributed by atoms with Crippen LogP contribution in [-0.4, -0.2) is 48.9 Å². The molecule has 2 heterocycles. The highest BCUT2D eigenvalue weighted by Crippen LogP contribution is 2.41. The van der Waals surface area contributed by atoms with E-state index in [-0.39, 0.29) is 18.1 Å². The molecule has 21 heavy (non-hydrogen) atoms. The Balaban J connectivity index is 1.69. The van der Waals surface area contributed by atoms with E-state index in [1.165, 1.54) is 0 Å². The third-order valence-corrected chi connectivity index (χ3v) is 4.73. The number of carbonyl (C=O) groups excluding carboxylic acids is 1. The predicted molar refractivity (Wildman–Crippen MR) is 80.5 cm³/mol. The molecule has 2 atom stereocenters. The lowest BCUT2D eigenvalue weighted by Crippen LogP contribution is -2.43. The molecule has 0 aromatic heterocycles. The van der Waals surface area contributed by atoms with Gasteiger partial charge in [0.1, 0.15) is 0 Å². The fourth-order valence-electron chi connectivity index (χ4n) is 3.24. The fraction of sp³-hybridized carbons (Fsp3) is 0.533. The Labute approximate surface area is 128 Å². The zero-order chi connectivity index (χ0) is 14.9. The average molecular weight is 311 g/mol.